The molecule has 0 spiro atoms. The van der Waals surface area contributed by atoms with Gasteiger partial charge in [0.1, 0.15) is 29.3 Å². The molecule has 8 heteroatoms. The van der Waals surface area contributed by atoms with E-state index >= 15 is 0 Å². The summed E-state index contributed by atoms with van der Waals surface area (Å²) in [6.45, 7) is 7.71. The largest absolute Gasteiger partial charge is 0.488 e. The highest BCUT2D eigenvalue weighted by Gasteiger charge is 2.40. The number of hydrogen-bond acceptors (Lipinski definition) is 8. The van der Waals surface area contributed by atoms with Crippen LogP contribution in [-0.2, 0) is 6.54 Å². The van der Waals surface area contributed by atoms with Crippen LogP contribution in [0.15, 0.2) is 53.4 Å². The summed E-state index contributed by atoms with van der Waals surface area (Å²) in [7, 11) is 0. The number of hydrogen-bond donors (Lipinski definition) is 2. The molecule has 2 aliphatic rings. The standard InChI is InChI=1S/C25H30N6O2/c1-17-14-31(10-9-30(17)15-19-4-3-11-32-19)23-13-22(28-16-29-23)24(27)20-12-18(5-6-21(20)26)33-25(2)7-8-25/h3-6,11-13,16-17,27H,7-10,14-15,26H2,1-2H3/t17-/m0/s1. The first-order valence-electron chi connectivity index (χ1n) is 11.4. The number of anilines is 2. The summed E-state index contributed by atoms with van der Waals surface area (Å²) in [5.41, 5.74) is 8.10. The summed E-state index contributed by atoms with van der Waals surface area (Å²) in [5.74, 6) is 2.54. The van der Waals surface area contributed by atoms with E-state index in [4.69, 9.17) is 20.3 Å². The van der Waals surface area contributed by atoms with E-state index in [0.29, 0.717) is 23.0 Å². The third-order valence-electron chi connectivity index (χ3n) is 6.55. The van der Waals surface area contributed by atoms with Crippen LogP contribution in [-0.4, -0.2) is 51.9 Å². The maximum atomic E-state index is 8.78. The Morgan fingerprint density at radius 2 is 2.09 bits per heavy atom. The second kappa shape index (κ2) is 8.51. The molecular formula is C25H30N6O2. The summed E-state index contributed by atoms with van der Waals surface area (Å²) < 4.78 is 11.6. The lowest BCUT2D eigenvalue weighted by atomic mass is 10.0. The van der Waals surface area contributed by atoms with E-state index in [9.17, 15) is 0 Å². The second-order valence-corrected chi connectivity index (χ2v) is 9.28. The number of ether oxygens (including phenoxy) is 1. The number of nitrogens with zero attached hydrogens (tertiary/aromatic N) is 4. The summed E-state index contributed by atoms with van der Waals surface area (Å²) >= 11 is 0. The number of furan rings is 1. The van der Waals surface area contributed by atoms with Gasteiger partial charge in [0.05, 0.1) is 24.2 Å². The van der Waals surface area contributed by atoms with Crippen molar-refractivity contribution in [3.8, 4) is 5.75 Å². The molecule has 2 fully saturated rings. The van der Waals surface area contributed by atoms with Crippen molar-refractivity contribution in [2.75, 3.05) is 30.3 Å². The number of piperazine rings is 1. The molecule has 33 heavy (non-hydrogen) atoms. The maximum absolute atomic E-state index is 8.78. The molecule has 3 N–H and O–H groups in total. The molecule has 0 unspecified atom stereocenters. The molecule has 3 aromatic rings. The Balaban J connectivity index is 1.30. The zero-order chi connectivity index (χ0) is 23.0. The molecule has 2 aromatic heterocycles. The highest BCUT2D eigenvalue weighted by atomic mass is 16.5. The van der Waals surface area contributed by atoms with Crippen molar-refractivity contribution in [2.45, 2.75) is 44.9 Å². The van der Waals surface area contributed by atoms with Gasteiger partial charge in [0.15, 0.2) is 0 Å². The van der Waals surface area contributed by atoms with Crippen molar-refractivity contribution in [1.82, 2.24) is 14.9 Å². The lowest BCUT2D eigenvalue weighted by Gasteiger charge is -2.40. The van der Waals surface area contributed by atoms with E-state index in [0.717, 1.165) is 56.3 Å². The number of benzene rings is 1. The second-order valence-electron chi connectivity index (χ2n) is 9.28. The van der Waals surface area contributed by atoms with E-state index < -0.39 is 0 Å². The molecule has 0 amide bonds. The molecule has 1 aromatic carbocycles. The smallest absolute Gasteiger partial charge is 0.132 e. The van der Waals surface area contributed by atoms with Crippen LogP contribution in [0.4, 0.5) is 11.5 Å². The highest BCUT2D eigenvalue weighted by molar-refractivity contribution is 6.13. The van der Waals surface area contributed by atoms with E-state index in [1.807, 2.05) is 30.3 Å². The molecule has 8 nitrogen and oxygen atoms in total. The lowest BCUT2D eigenvalue weighted by molar-refractivity contribution is 0.167. The Kier molecular flexibility index (Phi) is 5.54. The van der Waals surface area contributed by atoms with E-state index in [-0.39, 0.29) is 11.3 Å². The van der Waals surface area contributed by atoms with Gasteiger partial charge in [-0.15, -0.1) is 0 Å². The number of rotatable bonds is 7. The van der Waals surface area contributed by atoms with Crippen LogP contribution >= 0.6 is 0 Å². The minimum absolute atomic E-state index is 0.0898. The monoisotopic (exact) mass is 446 g/mol. The molecular weight excluding hydrogens is 416 g/mol. The van der Waals surface area contributed by atoms with Gasteiger partial charge in [0.25, 0.3) is 0 Å². The van der Waals surface area contributed by atoms with Gasteiger partial charge in [0.2, 0.25) is 0 Å². The SMILES string of the molecule is C[C@H]1CN(c2cc(C(=N)c3cc(OC4(C)CC4)ccc3N)ncn2)CCN1Cc1ccco1. The van der Waals surface area contributed by atoms with Crippen LogP contribution in [0.1, 0.15) is 43.7 Å². The van der Waals surface area contributed by atoms with Gasteiger partial charge in [-0.05, 0) is 57.0 Å². The Hall–Kier alpha value is -3.39. The number of nitrogens with two attached hydrogens (primary N) is 1. The summed E-state index contributed by atoms with van der Waals surface area (Å²) in [4.78, 5) is 13.5. The molecule has 1 saturated carbocycles. The molecule has 5 rings (SSSR count). The van der Waals surface area contributed by atoms with Gasteiger partial charge in [-0.3, -0.25) is 10.3 Å². The number of nitrogens with one attached hydrogen (secondary N) is 1. The predicted octanol–water partition coefficient (Wildman–Crippen LogP) is 3.71. The van der Waals surface area contributed by atoms with E-state index in [1.165, 1.54) is 6.33 Å². The van der Waals surface area contributed by atoms with Crippen LogP contribution in [0.2, 0.25) is 0 Å². The molecule has 1 aliphatic carbocycles. The fourth-order valence-electron chi connectivity index (χ4n) is 4.21. The molecule has 0 radical (unpaired) electrons. The third-order valence-corrected chi connectivity index (χ3v) is 6.55. The van der Waals surface area contributed by atoms with Gasteiger partial charge in [0, 0.05) is 43.0 Å². The first-order valence-corrected chi connectivity index (χ1v) is 11.4. The first-order chi connectivity index (χ1) is 15.9. The van der Waals surface area contributed by atoms with Gasteiger partial charge in [-0.25, -0.2) is 9.97 Å². The maximum Gasteiger partial charge on any atom is 0.132 e. The van der Waals surface area contributed by atoms with E-state index in [2.05, 4.69) is 33.6 Å². The first kappa shape index (κ1) is 21.5. The van der Waals surface area contributed by atoms with Gasteiger partial charge in [-0.2, -0.15) is 0 Å². The van der Waals surface area contributed by atoms with Crippen molar-refractivity contribution >= 4 is 17.2 Å². The molecule has 3 heterocycles. The van der Waals surface area contributed by atoms with Crippen LogP contribution in [0.5, 0.6) is 5.75 Å². The normalized spacial score (nSPS) is 19.9. The Labute approximate surface area is 193 Å². The van der Waals surface area contributed by atoms with Crippen molar-refractivity contribution in [2.24, 2.45) is 0 Å². The zero-order valence-corrected chi connectivity index (χ0v) is 19.1. The van der Waals surface area contributed by atoms with Crippen molar-refractivity contribution in [3.05, 3.63) is 66.0 Å². The van der Waals surface area contributed by atoms with Crippen LogP contribution < -0.4 is 15.4 Å². The fraction of sp³-hybridized carbons (Fsp3) is 0.400. The average Bonchev–Trinajstić information content (AvgIpc) is 3.31. The minimum Gasteiger partial charge on any atom is -0.488 e. The number of nitrogen functional groups attached to an aromatic ring is 1. The molecule has 1 aliphatic heterocycles. The predicted molar refractivity (Wildman–Crippen MR) is 128 cm³/mol. The molecule has 0 bridgehead atoms. The summed E-state index contributed by atoms with van der Waals surface area (Å²) in [5, 5.41) is 8.78. The van der Waals surface area contributed by atoms with Gasteiger partial charge in [-0.1, -0.05) is 0 Å². The Morgan fingerprint density at radius 1 is 1.24 bits per heavy atom. The zero-order valence-electron chi connectivity index (χ0n) is 19.1. The minimum atomic E-state index is -0.0898. The molecule has 1 saturated heterocycles. The Morgan fingerprint density at radius 3 is 2.82 bits per heavy atom. The van der Waals surface area contributed by atoms with Crippen LogP contribution in [0.3, 0.4) is 0 Å². The topological polar surface area (TPSA) is 104 Å². The average molecular weight is 447 g/mol. The third kappa shape index (κ3) is 4.71. The summed E-state index contributed by atoms with van der Waals surface area (Å²) in [6.07, 6.45) is 5.34. The van der Waals surface area contributed by atoms with Crippen LogP contribution in [0.25, 0.3) is 0 Å². The quantitative estimate of drug-likeness (QED) is 0.421. The van der Waals surface area contributed by atoms with Gasteiger partial charge >= 0.3 is 0 Å². The van der Waals surface area contributed by atoms with E-state index in [1.54, 1.807) is 12.3 Å². The number of aromatic nitrogens is 2. The van der Waals surface area contributed by atoms with Crippen molar-refractivity contribution in [1.29, 1.82) is 5.41 Å². The van der Waals surface area contributed by atoms with Crippen molar-refractivity contribution in [3.63, 3.8) is 0 Å². The molecule has 1 atom stereocenters. The highest BCUT2D eigenvalue weighted by Crippen LogP contribution is 2.40. The summed E-state index contributed by atoms with van der Waals surface area (Å²) in [6, 6.07) is 11.7. The van der Waals surface area contributed by atoms with Gasteiger partial charge < -0.3 is 19.8 Å². The van der Waals surface area contributed by atoms with Crippen molar-refractivity contribution < 1.29 is 9.15 Å². The Bertz CT molecular complexity index is 1140. The molecule has 172 valence electrons. The van der Waals surface area contributed by atoms with Crippen LogP contribution in [0, 0.1) is 5.41 Å². The fourth-order valence-corrected chi connectivity index (χ4v) is 4.21. The lowest BCUT2D eigenvalue weighted by Crippen LogP contribution is -2.51.